The topological polar surface area (TPSA) is 118 Å². The van der Waals surface area contributed by atoms with Gasteiger partial charge in [-0.05, 0) is 48.5 Å². The fourth-order valence-electron chi connectivity index (χ4n) is 2.58. The van der Waals surface area contributed by atoms with Gasteiger partial charge in [0.05, 0.1) is 21.9 Å². The van der Waals surface area contributed by atoms with E-state index in [1.807, 2.05) is 0 Å². The molecule has 0 aliphatic heterocycles. The van der Waals surface area contributed by atoms with E-state index in [4.69, 9.17) is 5.73 Å². The summed E-state index contributed by atoms with van der Waals surface area (Å²) in [4.78, 5) is 24.6. The molecule has 0 spiro atoms. The SMILES string of the molecule is NC(=O)c1ccccc1NC(=O)CSc1ccc(NS(=O)(=O)c2ccccc2)cc1. The Bertz CT molecular complexity index is 1150. The fourth-order valence-corrected chi connectivity index (χ4v) is 4.35. The summed E-state index contributed by atoms with van der Waals surface area (Å²) in [5, 5.41) is 2.67. The zero-order valence-corrected chi connectivity index (χ0v) is 17.4. The van der Waals surface area contributed by atoms with E-state index in [1.165, 1.54) is 23.9 Å². The highest BCUT2D eigenvalue weighted by atomic mass is 32.2. The molecule has 0 bridgehead atoms. The van der Waals surface area contributed by atoms with Crippen LogP contribution < -0.4 is 15.8 Å². The van der Waals surface area contributed by atoms with Gasteiger partial charge in [-0.15, -0.1) is 11.8 Å². The predicted octanol–water partition coefficient (Wildman–Crippen LogP) is 3.32. The van der Waals surface area contributed by atoms with Gasteiger partial charge in [0, 0.05) is 10.6 Å². The molecule has 0 unspecified atom stereocenters. The largest absolute Gasteiger partial charge is 0.366 e. The van der Waals surface area contributed by atoms with E-state index in [0.717, 1.165) is 4.90 Å². The van der Waals surface area contributed by atoms with Crippen molar-refractivity contribution in [2.75, 3.05) is 15.8 Å². The van der Waals surface area contributed by atoms with Crippen LogP contribution in [-0.4, -0.2) is 26.0 Å². The Morgan fingerprint density at radius 3 is 2.17 bits per heavy atom. The minimum Gasteiger partial charge on any atom is -0.366 e. The van der Waals surface area contributed by atoms with Crippen LogP contribution in [0.2, 0.25) is 0 Å². The summed E-state index contributed by atoms with van der Waals surface area (Å²) >= 11 is 1.28. The molecule has 4 N–H and O–H groups in total. The van der Waals surface area contributed by atoms with Gasteiger partial charge in [-0.2, -0.15) is 0 Å². The molecular formula is C21H19N3O4S2. The summed E-state index contributed by atoms with van der Waals surface area (Å²) in [6, 6.07) is 21.3. The Hall–Kier alpha value is -3.30. The molecule has 0 saturated heterocycles. The number of amides is 2. The van der Waals surface area contributed by atoms with Gasteiger partial charge in [0.25, 0.3) is 15.9 Å². The third-order valence-corrected chi connectivity index (χ3v) is 6.41. The average molecular weight is 442 g/mol. The molecule has 154 valence electrons. The third kappa shape index (κ3) is 5.62. The Balaban J connectivity index is 1.57. The Morgan fingerprint density at radius 2 is 1.50 bits per heavy atom. The lowest BCUT2D eigenvalue weighted by Gasteiger charge is -2.10. The van der Waals surface area contributed by atoms with E-state index in [2.05, 4.69) is 10.0 Å². The standard InChI is InChI=1S/C21H19N3O4S2/c22-21(26)18-8-4-5-9-19(18)23-20(25)14-29-16-12-10-15(11-13-16)24-30(27,28)17-6-2-1-3-7-17/h1-13,24H,14H2,(H2,22,26)(H,23,25). The van der Waals surface area contributed by atoms with Crippen molar-refractivity contribution in [2.45, 2.75) is 9.79 Å². The molecule has 3 rings (SSSR count). The van der Waals surface area contributed by atoms with Crippen molar-refractivity contribution in [1.29, 1.82) is 0 Å². The van der Waals surface area contributed by atoms with Gasteiger partial charge in [-0.1, -0.05) is 30.3 Å². The number of anilines is 2. The third-order valence-electron chi connectivity index (χ3n) is 4.00. The molecule has 0 atom stereocenters. The van der Waals surface area contributed by atoms with Gasteiger partial charge in [-0.3, -0.25) is 14.3 Å². The van der Waals surface area contributed by atoms with Crippen LogP contribution in [0.25, 0.3) is 0 Å². The van der Waals surface area contributed by atoms with Crippen molar-refractivity contribution in [3.8, 4) is 0 Å². The maximum absolute atomic E-state index is 12.3. The lowest BCUT2D eigenvalue weighted by Crippen LogP contribution is -2.19. The van der Waals surface area contributed by atoms with Gasteiger partial charge in [-0.25, -0.2) is 8.42 Å². The fraction of sp³-hybridized carbons (Fsp3) is 0.0476. The van der Waals surface area contributed by atoms with Crippen LogP contribution in [0, 0.1) is 0 Å². The predicted molar refractivity (Wildman–Crippen MR) is 118 cm³/mol. The summed E-state index contributed by atoms with van der Waals surface area (Å²) in [6.45, 7) is 0. The molecule has 0 fully saturated rings. The van der Waals surface area contributed by atoms with Crippen molar-refractivity contribution in [3.63, 3.8) is 0 Å². The molecule has 0 aliphatic rings. The molecule has 9 heteroatoms. The highest BCUT2D eigenvalue weighted by Crippen LogP contribution is 2.23. The molecule has 3 aromatic rings. The van der Waals surface area contributed by atoms with Gasteiger partial charge in [0.2, 0.25) is 5.91 Å². The van der Waals surface area contributed by atoms with Gasteiger partial charge in [0.15, 0.2) is 0 Å². The number of benzene rings is 3. The molecule has 7 nitrogen and oxygen atoms in total. The van der Waals surface area contributed by atoms with E-state index in [9.17, 15) is 18.0 Å². The van der Waals surface area contributed by atoms with Crippen molar-refractivity contribution >= 4 is 45.0 Å². The Kier molecular flexibility index (Phi) is 6.76. The first-order chi connectivity index (χ1) is 14.3. The first-order valence-electron chi connectivity index (χ1n) is 8.84. The van der Waals surface area contributed by atoms with Crippen LogP contribution in [0.3, 0.4) is 0 Å². The van der Waals surface area contributed by atoms with E-state index < -0.39 is 15.9 Å². The maximum atomic E-state index is 12.3. The smallest absolute Gasteiger partial charge is 0.261 e. The molecule has 0 heterocycles. The van der Waals surface area contributed by atoms with Crippen LogP contribution in [0.15, 0.2) is 88.7 Å². The van der Waals surface area contributed by atoms with Crippen LogP contribution in [-0.2, 0) is 14.8 Å². The molecule has 0 saturated carbocycles. The number of hydrogen-bond acceptors (Lipinski definition) is 5. The van der Waals surface area contributed by atoms with E-state index in [1.54, 1.807) is 66.7 Å². The molecule has 30 heavy (non-hydrogen) atoms. The van der Waals surface area contributed by atoms with E-state index in [-0.39, 0.29) is 22.1 Å². The molecule has 0 aliphatic carbocycles. The average Bonchev–Trinajstić information content (AvgIpc) is 2.74. The van der Waals surface area contributed by atoms with Gasteiger partial charge >= 0.3 is 0 Å². The van der Waals surface area contributed by atoms with Gasteiger partial charge < -0.3 is 11.1 Å². The number of carbonyl (C=O) groups excluding carboxylic acids is 2. The highest BCUT2D eigenvalue weighted by molar-refractivity contribution is 8.00. The molecule has 3 aromatic carbocycles. The van der Waals surface area contributed by atoms with Crippen LogP contribution in [0.5, 0.6) is 0 Å². The second-order valence-electron chi connectivity index (χ2n) is 6.19. The van der Waals surface area contributed by atoms with Crippen molar-refractivity contribution < 1.29 is 18.0 Å². The second kappa shape index (κ2) is 9.47. The lowest BCUT2D eigenvalue weighted by molar-refractivity contribution is -0.113. The quantitative estimate of drug-likeness (QED) is 0.464. The normalized spacial score (nSPS) is 10.9. The zero-order valence-electron chi connectivity index (χ0n) is 15.7. The van der Waals surface area contributed by atoms with Crippen LogP contribution in [0.1, 0.15) is 10.4 Å². The van der Waals surface area contributed by atoms with Crippen LogP contribution >= 0.6 is 11.8 Å². The number of sulfonamides is 1. The maximum Gasteiger partial charge on any atom is 0.261 e. The van der Waals surface area contributed by atoms with Crippen molar-refractivity contribution in [1.82, 2.24) is 0 Å². The zero-order chi connectivity index (χ0) is 21.6. The Morgan fingerprint density at radius 1 is 0.867 bits per heavy atom. The molecule has 0 radical (unpaired) electrons. The Labute approximate surface area is 178 Å². The first kappa shape index (κ1) is 21.4. The van der Waals surface area contributed by atoms with Crippen molar-refractivity contribution in [2.24, 2.45) is 5.73 Å². The molecular weight excluding hydrogens is 422 g/mol. The summed E-state index contributed by atoms with van der Waals surface area (Å²) < 4.78 is 27.2. The summed E-state index contributed by atoms with van der Waals surface area (Å²) in [5.41, 5.74) is 6.33. The summed E-state index contributed by atoms with van der Waals surface area (Å²) in [6.07, 6.45) is 0. The van der Waals surface area contributed by atoms with Crippen LogP contribution in [0.4, 0.5) is 11.4 Å². The highest BCUT2D eigenvalue weighted by Gasteiger charge is 2.14. The second-order valence-corrected chi connectivity index (χ2v) is 8.92. The number of nitrogens with two attached hydrogens (primary N) is 1. The monoisotopic (exact) mass is 441 g/mol. The van der Waals surface area contributed by atoms with Gasteiger partial charge in [0.1, 0.15) is 0 Å². The van der Waals surface area contributed by atoms with E-state index >= 15 is 0 Å². The molecule has 2 amide bonds. The number of primary amides is 1. The number of rotatable bonds is 8. The lowest BCUT2D eigenvalue weighted by atomic mass is 10.1. The molecule has 0 aromatic heterocycles. The number of para-hydroxylation sites is 1. The first-order valence-corrected chi connectivity index (χ1v) is 11.3. The number of nitrogens with one attached hydrogen (secondary N) is 2. The number of thioether (sulfide) groups is 1. The summed E-state index contributed by atoms with van der Waals surface area (Å²) in [5.74, 6) is -0.794. The number of hydrogen-bond donors (Lipinski definition) is 3. The van der Waals surface area contributed by atoms with E-state index in [0.29, 0.717) is 11.4 Å². The van der Waals surface area contributed by atoms with Crippen molar-refractivity contribution in [3.05, 3.63) is 84.4 Å². The minimum absolute atomic E-state index is 0.113. The minimum atomic E-state index is -3.66. The summed E-state index contributed by atoms with van der Waals surface area (Å²) in [7, 11) is -3.66. The number of carbonyl (C=O) groups is 2.